The second kappa shape index (κ2) is 41.2. The van der Waals surface area contributed by atoms with E-state index in [1.54, 1.807) is 146 Å². The number of para-hydroxylation sites is 3. The van der Waals surface area contributed by atoms with E-state index >= 15 is 0 Å². The number of aliphatic hydroxyl groups excluding tert-OH is 1. The van der Waals surface area contributed by atoms with Crippen molar-refractivity contribution in [2.75, 3.05) is 52.2 Å². The van der Waals surface area contributed by atoms with Gasteiger partial charge in [-0.25, -0.2) is 38.2 Å². The van der Waals surface area contributed by atoms with Crippen molar-refractivity contribution >= 4 is 210 Å². The zero-order valence-electron chi connectivity index (χ0n) is 73.2. The largest absolute Gasteiger partial charge is 0.365 e. The lowest BCUT2D eigenvalue weighted by atomic mass is 9.71. The Morgan fingerprint density at radius 1 is 0.431 bits per heavy atom. The van der Waals surface area contributed by atoms with Crippen LogP contribution < -0.4 is 12.9 Å². The number of thiol groups is 2. The molecule has 2 N–H and O–H groups in total. The Morgan fingerprint density at radius 3 is 1.18 bits per heavy atom. The van der Waals surface area contributed by atoms with Crippen molar-refractivity contribution in [3.05, 3.63) is 318 Å². The number of aryl methyl sites for hydroxylation is 3. The van der Waals surface area contributed by atoms with E-state index in [9.17, 15) is 64.2 Å². The van der Waals surface area contributed by atoms with Gasteiger partial charge < -0.3 is 24.9 Å². The Balaban J connectivity index is 0.000000150. The number of aliphatic hydroxyl groups is 2. The molecule has 12 atom stereocenters. The number of benzene rings is 9. The third-order valence-corrected chi connectivity index (χ3v) is 44.8. The number of piperazine rings is 3. The number of carbonyl (C=O) groups excluding carboxylic acids is 6. The number of hydrogen-bond acceptors (Lipinski definition) is 23. The predicted octanol–water partition coefficient (Wildman–Crippen LogP) is 13.3. The molecule has 8 fully saturated rings. The van der Waals surface area contributed by atoms with Gasteiger partial charge in [0.25, 0.3) is 65.5 Å². The van der Waals surface area contributed by atoms with Crippen molar-refractivity contribution in [3.63, 3.8) is 0 Å². The SMILES string of the molecule is Cc1ccc([C@]23C[C@@]4(O)C(=O)N(CCCCN=[N+]=[N-])[C@H](O)C(=O)N4[C@H]2N(S(=O)(=O)c2ccccc2)c2ccccc23)cc1.Cc1ccc([C@]23C[C@@]45SS[C@@H](C(=O)N4[C@H]2N(S(=O)(=O)c2ccccc2)c2ccccc23)N(CCCCN=[N+]=[N-])C5=O)cc1.Cc1ccc([C@]23C[C@]4(S)C(=O)N(CCCCN=[N+]=[N-])[C@@H](S)C(=O)N4[C@H]2N(S(=O)(=O)c2ccccc2)c2ccccc23)cc1.S.S=S=S=S=S=S=S. The van der Waals surface area contributed by atoms with Crippen LogP contribution in [-0.4, -0.2) is 191 Å². The van der Waals surface area contributed by atoms with Gasteiger partial charge in [0.15, 0.2) is 20.5 Å². The maximum absolute atomic E-state index is 14.6. The molecule has 0 saturated carbocycles. The predicted molar refractivity (Wildman–Crippen MR) is 553 cm³/mol. The highest BCUT2D eigenvalue weighted by Crippen LogP contribution is 2.71. The van der Waals surface area contributed by atoms with E-state index in [0.29, 0.717) is 85.4 Å². The summed E-state index contributed by atoms with van der Waals surface area (Å²) in [4.78, 5) is 99.1. The van der Waals surface area contributed by atoms with E-state index in [4.69, 9.17) is 29.2 Å². The Labute approximate surface area is 841 Å². The third-order valence-electron chi connectivity index (χ3n) is 26.3. The summed E-state index contributed by atoms with van der Waals surface area (Å²) in [6, 6.07) is 68.7. The number of nitrogens with zero attached hydrogens (tertiary/aromatic N) is 18. The fourth-order valence-electron chi connectivity index (χ4n) is 20.5. The summed E-state index contributed by atoms with van der Waals surface area (Å²) >= 11 is 18.7. The third kappa shape index (κ3) is 17.2. The van der Waals surface area contributed by atoms with Gasteiger partial charge in [-0.1, -0.05) is 236 Å². The lowest BCUT2D eigenvalue weighted by Gasteiger charge is -2.54. The smallest absolute Gasteiger partial charge is 0.278 e. The van der Waals surface area contributed by atoms with Gasteiger partial charge in [-0.3, -0.25) is 43.5 Å². The van der Waals surface area contributed by atoms with Crippen LogP contribution in [0, 0.1) is 20.8 Å². The summed E-state index contributed by atoms with van der Waals surface area (Å²) in [5.41, 5.74) is 28.3. The fourth-order valence-corrected chi connectivity index (χ4v) is 38.2. The molecule has 11 heterocycles. The Kier molecular flexibility index (Phi) is 30.5. The molecule has 137 heavy (non-hydrogen) atoms. The highest BCUT2D eigenvalue weighted by atomic mass is 33.4. The highest BCUT2D eigenvalue weighted by Gasteiger charge is 2.80. The molecule has 0 radical (unpaired) electrons. The van der Waals surface area contributed by atoms with E-state index in [-0.39, 0.29) is 85.4 Å². The molecule has 47 heteroatoms. The number of rotatable bonds is 24. The second-order valence-corrected chi connectivity index (χ2v) is 51.8. The lowest BCUT2D eigenvalue weighted by Crippen LogP contribution is -2.72. The summed E-state index contributed by atoms with van der Waals surface area (Å²) in [5.74, 6) is -3.27. The maximum atomic E-state index is 14.6. The van der Waals surface area contributed by atoms with Crippen molar-refractivity contribution in [1.29, 1.82) is 0 Å². The van der Waals surface area contributed by atoms with Crippen LogP contribution in [0.2, 0.25) is 0 Å². The number of carbonyl (C=O) groups is 6. The Morgan fingerprint density at radius 2 is 0.781 bits per heavy atom. The molecule has 714 valence electrons. The molecule has 1 spiro atoms. The minimum Gasteiger partial charge on any atom is -0.365 e. The van der Waals surface area contributed by atoms with Gasteiger partial charge in [0, 0.05) is 140 Å². The van der Waals surface area contributed by atoms with Crippen molar-refractivity contribution in [2.24, 2.45) is 15.3 Å². The first-order chi connectivity index (χ1) is 65.4. The normalized spacial score (nSPS) is 25.3. The van der Waals surface area contributed by atoms with E-state index in [0.717, 1.165) is 47.5 Å². The average Bonchev–Trinajstić information content (AvgIpc) is 1.52. The van der Waals surface area contributed by atoms with Crippen LogP contribution in [0.25, 0.3) is 31.3 Å². The molecule has 11 aliphatic heterocycles. The molecule has 0 aromatic heterocycles. The summed E-state index contributed by atoms with van der Waals surface area (Å²) < 4.78 is 90.8. The van der Waals surface area contributed by atoms with Crippen LogP contribution in [0.1, 0.15) is 108 Å². The molecule has 20 rings (SSSR count). The second-order valence-electron chi connectivity index (χ2n) is 33.7. The minimum absolute atomic E-state index is 0. The van der Waals surface area contributed by atoms with Crippen LogP contribution >= 0.6 is 60.3 Å². The average molecular weight is 2130 g/mol. The highest BCUT2D eigenvalue weighted by molar-refractivity contribution is 8.78. The first-order valence-corrected chi connectivity index (χ1v) is 58.3. The number of anilines is 3. The molecule has 32 nitrogen and oxygen atoms in total. The van der Waals surface area contributed by atoms with Crippen LogP contribution in [0.5, 0.6) is 0 Å². The van der Waals surface area contributed by atoms with E-state index in [2.05, 4.69) is 65.1 Å². The van der Waals surface area contributed by atoms with Gasteiger partial charge in [0.05, 0.1) is 48.0 Å². The topological polar surface area (TPSA) is 421 Å². The van der Waals surface area contributed by atoms with Crippen molar-refractivity contribution < 1.29 is 64.2 Å². The van der Waals surface area contributed by atoms with E-state index < -0.39 is 121 Å². The van der Waals surface area contributed by atoms with Gasteiger partial charge >= 0.3 is 0 Å². The first-order valence-electron chi connectivity index (χ1n) is 42.8. The molecule has 8 saturated heterocycles. The number of azide groups is 3. The van der Waals surface area contributed by atoms with E-state index in [1.165, 1.54) is 82.0 Å². The summed E-state index contributed by atoms with van der Waals surface area (Å²) in [6.07, 6.45) is -2.62. The summed E-state index contributed by atoms with van der Waals surface area (Å²) in [7, 11) is -2.61. The molecular weight excluding hydrogens is 2040 g/mol. The van der Waals surface area contributed by atoms with Gasteiger partial charge in [-0.15, -0.1) is 25.3 Å². The standard InChI is InChI=1S/C30H30N6O6S.C30H28N6O4S3.C30H30N6O4S3.S7.H2S/c1-20-13-15-21(16-14-20)29-19-30(40)28(39)34(18-8-7-17-32-33-31)25(37)26(38)35(30)27(29)36(24-12-6-5-11-23(24)29)43(41,42)22-9-3-2-4-10-22;1-20-13-15-21(16-14-20)29-19-30-28(38)34(18-8-7-17-32-33-31)26(41-42-30)25(37)35(30)27(29)36(24-12-6-5-11-23(24)29)43(39,40)22-9-3-2-4-10-22;1-20-13-15-21(16-14-20)29-19-30(42)28(38)34(18-8-7-17-32-33-31)26(41)25(37)35(30)27(29)36(24-12-6-5-11-23(24)29)43(39,40)22-9-3-2-4-10-22;1-3-5-7-6-4-2;/h2-6,9-16,25,27,37,40H,7-8,17-19H2,1H3;2-6,9-16,26-27H,7-8,17-19H2,1H3;2-6,9-16,26-27,41-42H,7-8,17-19H2,1H3;;1H2/t25-,27+,29+,30-;2*26-,27-,29-,30-;;/m100../s1. The van der Waals surface area contributed by atoms with Crippen LogP contribution in [0.15, 0.2) is 267 Å². The first kappa shape index (κ1) is 102. The zero-order chi connectivity index (χ0) is 96.7. The van der Waals surface area contributed by atoms with Gasteiger partial charge in [-0.2, -0.15) is 13.5 Å². The number of fused-ring (bicyclic) bond motifs is 15. The molecule has 6 amide bonds. The molecule has 0 unspecified atom stereocenters. The minimum atomic E-state index is -4.35. The van der Waals surface area contributed by atoms with Crippen LogP contribution in [0.3, 0.4) is 0 Å². The van der Waals surface area contributed by atoms with Crippen LogP contribution in [0.4, 0.5) is 17.1 Å². The van der Waals surface area contributed by atoms with Gasteiger partial charge in [0.1, 0.15) is 18.5 Å². The molecule has 9 aromatic carbocycles. The monoisotopic (exact) mass is 2130 g/mol. The number of hydrogen-bond donors (Lipinski definition) is 4. The Bertz CT molecular complexity index is 6590. The quantitative estimate of drug-likeness (QED) is 0.0109. The molecule has 11 aliphatic rings. The summed E-state index contributed by atoms with van der Waals surface area (Å²) in [6.45, 7) is 7.10. The number of amides is 6. The Hall–Kier alpha value is -9.81. The maximum Gasteiger partial charge on any atom is 0.278 e. The van der Waals surface area contributed by atoms with Crippen molar-refractivity contribution in [2.45, 2.75) is 160 Å². The fraction of sp³-hybridized carbons (Fsp3) is 0.333. The zero-order valence-corrected chi connectivity index (χ0v) is 85.8. The van der Waals surface area contributed by atoms with Gasteiger partial charge in [-0.05, 0) is 164 Å². The van der Waals surface area contributed by atoms with Gasteiger partial charge in [0.2, 0.25) is 12.0 Å². The molecule has 0 aliphatic carbocycles. The number of sulfonamides is 3. The van der Waals surface area contributed by atoms with Crippen molar-refractivity contribution in [3.8, 4) is 0 Å². The lowest BCUT2D eigenvalue weighted by molar-refractivity contribution is -0.210. The summed E-state index contributed by atoms with van der Waals surface area (Å²) in [5, 5.41) is 32.1. The van der Waals surface area contributed by atoms with Crippen LogP contribution in [-0.2, 0) is 142 Å². The molecular formula is C90H90N18O14S15. The van der Waals surface area contributed by atoms with E-state index in [1.807, 2.05) is 124 Å². The molecule has 2 bridgehead atoms. The number of unbranched alkanes of at least 4 members (excludes halogenated alkanes) is 3. The van der Waals surface area contributed by atoms with Crippen molar-refractivity contribution in [1.82, 2.24) is 29.4 Å². The molecule has 9 aromatic rings.